The van der Waals surface area contributed by atoms with Crippen LogP contribution in [0.1, 0.15) is 10.4 Å². The van der Waals surface area contributed by atoms with Gasteiger partial charge < -0.3 is 0 Å². The molecule has 1 rings (SSSR count). The van der Waals surface area contributed by atoms with Gasteiger partial charge in [-0.15, -0.1) is 0 Å². The smallest absolute Gasteiger partial charge is 0.174 e. The van der Waals surface area contributed by atoms with Crippen LogP contribution in [-0.2, 0) is 0 Å². The molecule has 1 aromatic carbocycles. The summed E-state index contributed by atoms with van der Waals surface area (Å²) in [5, 5.41) is 0.158. The minimum Gasteiger partial charge on any atom is -0.293 e. The predicted molar refractivity (Wildman–Crippen MR) is 57.2 cm³/mol. The van der Waals surface area contributed by atoms with Crippen LogP contribution in [0.4, 0.5) is 4.39 Å². The van der Waals surface area contributed by atoms with Crippen molar-refractivity contribution < 1.29 is 9.18 Å². The molecule has 0 unspecified atom stereocenters. The number of halogens is 4. The molecule has 70 valence electrons. The summed E-state index contributed by atoms with van der Waals surface area (Å²) in [5.41, 5.74) is 0.291. The van der Waals surface area contributed by atoms with E-state index in [1.807, 2.05) is 0 Å². The van der Waals surface area contributed by atoms with Gasteiger partial charge >= 0.3 is 0 Å². The van der Waals surface area contributed by atoms with Crippen molar-refractivity contribution in [2.24, 2.45) is 0 Å². The molecule has 0 aliphatic heterocycles. The molecule has 0 aromatic heterocycles. The lowest BCUT2D eigenvalue weighted by Crippen LogP contribution is -2.02. The quantitative estimate of drug-likeness (QED) is 0.458. The second kappa shape index (κ2) is 4.53. The molecular weight excluding hydrogens is 326 g/mol. The van der Waals surface area contributed by atoms with Crippen molar-refractivity contribution in [2.45, 2.75) is 0 Å². The Morgan fingerprint density at radius 2 is 2.15 bits per heavy atom. The summed E-state index contributed by atoms with van der Waals surface area (Å²) in [6, 6.07) is 2.84. The van der Waals surface area contributed by atoms with Crippen LogP contribution in [0.15, 0.2) is 16.6 Å². The summed E-state index contributed by atoms with van der Waals surface area (Å²) in [6.07, 6.45) is 0. The summed E-state index contributed by atoms with van der Waals surface area (Å²) < 4.78 is 13.3. The van der Waals surface area contributed by atoms with Crippen LogP contribution in [-0.4, -0.2) is 11.1 Å². The molecule has 0 saturated heterocycles. The van der Waals surface area contributed by atoms with Gasteiger partial charge in [0, 0.05) is 5.56 Å². The molecule has 0 aliphatic rings. The van der Waals surface area contributed by atoms with E-state index in [0.717, 1.165) is 0 Å². The number of benzene rings is 1. The minimum atomic E-state index is -0.603. The zero-order chi connectivity index (χ0) is 10.0. The van der Waals surface area contributed by atoms with E-state index in [1.165, 1.54) is 12.1 Å². The van der Waals surface area contributed by atoms with Crippen LogP contribution >= 0.6 is 43.5 Å². The third-order valence-electron chi connectivity index (χ3n) is 1.46. The molecule has 0 heterocycles. The predicted octanol–water partition coefficient (Wildman–Crippen LogP) is 3.82. The van der Waals surface area contributed by atoms with Crippen molar-refractivity contribution in [3.63, 3.8) is 0 Å². The topological polar surface area (TPSA) is 17.1 Å². The fourth-order valence-corrected chi connectivity index (χ4v) is 1.95. The van der Waals surface area contributed by atoms with Crippen LogP contribution in [0.25, 0.3) is 0 Å². The third-order valence-corrected chi connectivity index (χ3v) is 3.03. The van der Waals surface area contributed by atoms with Gasteiger partial charge in [0.25, 0.3) is 0 Å². The molecule has 0 spiro atoms. The van der Waals surface area contributed by atoms with E-state index < -0.39 is 5.82 Å². The number of Topliss-reactive ketones (excluding diaryl/α,β-unsaturated/α-hetero) is 1. The van der Waals surface area contributed by atoms with Crippen LogP contribution < -0.4 is 0 Å². The van der Waals surface area contributed by atoms with E-state index in [0.29, 0.717) is 5.56 Å². The first-order valence-electron chi connectivity index (χ1n) is 3.30. The lowest BCUT2D eigenvalue weighted by molar-refractivity contribution is 0.102. The van der Waals surface area contributed by atoms with E-state index in [9.17, 15) is 9.18 Å². The Labute approximate surface area is 96.5 Å². The molecule has 13 heavy (non-hydrogen) atoms. The average molecular weight is 330 g/mol. The summed E-state index contributed by atoms with van der Waals surface area (Å²) in [5.74, 6) is -0.795. The zero-order valence-electron chi connectivity index (χ0n) is 6.28. The fourth-order valence-electron chi connectivity index (χ4n) is 0.813. The molecule has 0 radical (unpaired) electrons. The van der Waals surface area contributed by atoms with Gasteiger partial charge in [0.15, 0.2) is 11.6 Å². The fraction of sp³-hybridized carbons (Fsp3) is 0.125. The monoisotopic (exact) mass is 328 g/mol. The van der Waals surface area contributed by atoms with Crippen LogP contribution in [0, 0.1) is 5.82 Å². The highest BCUT2D eigenvalue weighted by molar-refractivity contribution is 9.10. The number of hydrogen-bond donors (Lipinski definition) is 0. The van der Waals surface area contributed by atoms with E-state index >= 15 is 0 Å². The van der Waals surface area contributed by atoms with Crippen molar-refractivity contribution in [1.29, 1.82) is 0 Å². The maximum Gasteiger partial charge on any atom is 0.174 e. The largest absolute Gasteiger partial charge is 0.293 e. The number of carbonyl (C=O) groups excluding carboxylic acids is 1. The van der Waals surface area contributed by atoms with Crippen molar-refractivity contribution in [3.05, 3.63) is 33.0 Å². The molecule has 0 saturated carbocycles. The van der Waals surface area contributed by atoms with Crippen molar-refractivity contribution >= 4 is 49.2 Å². The van der Waals surface area contributed by atoms with Gasteiger partial charge in [-0.05, 0) is 28.1 Å². The minimum absolute atomic E-state index is 0.00185. The number of rotatable bonds is 2. The molecule has 0 atom stereocenters. The lowest BCUT2D eigenvalue weighted by atomic mass is 10.1. The highest BCUT2D eigenvalue weighted by atomic mass is 79.9. The molecule has 1 aromatic rings. The van der Waals surface area contributed by atoms with Gasteiger partial charge in [0.05, 0.1) is 14.8 Å². The lowest BCUT2D eigenvalue weighted by Gasteiger charge is -2.03. The normalized spacial score (nSPS) is 10.2. The van der Waals surface area contributed by atoms with Gasteiger partial charge in [0.2, 0.25) is 0 Å². The second-order valence-corrected chi connectivity index (χ2v) is 4.04. The SMILES string of the molecule is O=C(CBr)c1ccc(Cl)c(F)c1Br. The van der Waals surface area contributed by atoms with Gasteiger partial charge in [-0.2, -0.15) is 0 Å². The molecule has 1 nitrogen and oxygen atoms in total. The van der Waals surface area contributed by atoms with Gasteiger partial charge in [0.1, 0.15) is 0 Å². The Morgan fingerprint density at radius 3 is 2.69 bits per heavy atom. The van der Waals surface area contributed by atoms with Crippen molar-refractivity contribution in [3.8, 4) is 0 Å². The summed E-state index contributed by atoms with van der Waals surface area (Å²) >= 11 is 11.5. The first-order chi connectivity index (χ1) is 6.07. The molecular formula is C8H4Br2ClFO. The summed E-state index contributed by atoms with van der Waals surface area (Å²) in [6.45, 7) is 0. The van der Waals surface area contributed by atoms with E-state index in [2.05, 4.69) is 31.9 Å². The van der Waals surface area contributed by atoms with Gasteiger partial charge in [-0.25, -0.2) is 4.39 Å². The first-order valence-corrected chi connectivity index (χ1v) is 5.60. The highest BCUT2D eigenvalue weighted by Gasteiger charge is 2.14. The summed E-state index contributed by atoms with van der Waals surface area (Å²) in [7, 11) is 0. The van der Waals surface area contributed by atoms with E-state index in [-0.39, 0.29) is 20.6 Å². The van der Waals surface area contributed by atoms with Crippen molar-refractivity contribution in [1.82, 2.24) is 0 Å². The van der Waals surface area contributed by atoms with Crippen LogP contribution in [0.2, 0.25) is 5.02 Å². The number of alkyl halides is 1. The Balaban J connectivity index is 3.26. The Kier molecular flexibility index (Phi) is 3.88. The van der Waals surface area contributed by atoms with Gasteiger partial charge in [-0.1, -0.05) is 27.5 Å². The molecule has 0 amide bonds. The Hall–Kier alpha value is 0.0700. The Morgan fingerprint density at radius 1 is 1.54 bits per heavy atom. The zero-order valence-corrected chi connectivity index (χ0v) is 10.2. The first kappa shape index (κ1) is 11.1. The van der Waals surface area contributed by atoms with Crippen LogP contribution in [0.3, 0.4) is 0 Å². The van der Waals surface area contributed by atoms with Gasteiger partial charge in [-0.3, -0.25) is 4.79 Å². The van der Waals surface area contributed by atoms with Crippen LogP contribution in [0.5, 0.6) is 0 Å². The maximum atomic E-state index is 13.1. The number of hydrogen-bond acceptors (Lipinski definition) is 1. The maximum absolute atomic E-state index is 13.1. The Bertz CT molecular complexity index is 354. The third kappa shape index (κ3) is 2.30. The van der Waals surface area contributed by atoms with Crippen molar-refractivity contribution in [2.75, 3.05) is 5.33 Å². The average Bonchev–Trinajstić information content (AvgIpc) is 2.13. The molecule has 0 aliphatic carbocycles. The molecule has 0 bridgehead atoms. The van der Waals surface area contributed by atoms with E-state index in [4.69, 9.17) is 11.6 Å². The van der Waals surface area contributed by atoms with E-state index in [1.54, 1.807) is 0 Å². The standard InChI is InChI=1S/C8H4Br2ClFO/c9-3-6(13)4-1-2-5(11)8(12)7(4)10/h1-2H,3H2. The highest BCUT2D eigenvalue weighted by Crippen LogP contribution is 2.27. The number of ketones is 1. The number of carbonyl (C=O) groups is 1. The molecule has 5 heteroatoms. The summed E-state index contributed by atoms with van der Waals surface area (Å²) in [4.78, 5) is 11.2. The molecule has 0 fully saturated rings. The molecule has 0 N–H and O–H groups in total. The second-order valence-electron chi connectivity index (χ2n) is 2.28.